The van der Waals surface area contributed by atoms with Gasteiger partial charge in [0, 0.05) is 18.3 Å². The SMILES string of the molecule is CC(C)(CCO)Nc1ncncc1I. The van der Waals surface area contributed by atoms with Gasteiger partial charge in [-0.2, -0.15) is 0 Å². The lowest BCUT2D eigenvalue weighted by Crippen LogP contribution is -2.32. The van der Waals surface area contributed by atoms with Crippen LogP contribution in [0.5, 0.6) is 0 Å². The van der Waals surface area contributed by atoms with E-state index in [2.05, 4.69) is 37.9 Å². The quantitative estimate of drug-likeness (QED) is 0.831. The molecule has 0 aromatic carbocycles. The van der Waals surface area contributed by atoms with Crippen molar-refractivity contribution in [2.24, 2.45) is 0 Å². The number of aromatic nitrogens is 2. The zero-order valence-electron chi connectivity index (χ0n) is 8.29. The first-order valence-electron chi connectivity index (χ1n) is 4.40. The highest BCUT2D eigenvalue weighted by Gasteiger charge is 2.18. The smallest absolute Gasteiger partial charge is 0.143 e. The third-order valence-corrected chi connectivity index (χ3v) is 2.65. The molecule has 78 valence electrons. The van der Waals surface area contributed by atoms with Gasteiger partial charge in [0.1, 0.15) is 12.1 Å². The monoisotopic (exact) mass is 307 g/mol. The third kappa shape index (κ3) is 3.38. The Balaban J connectivity index is 2.73. The molecule has 0 saturated heterocycles. The Morgan fingerprint density at radius 3 is 2.86 bits per heavy atom. The predicted molar refractivity (Wildman–Crippen MR) is 64.2 cm³/mol. The fourth-order valence-electron chi connectivity index (χ4n) is 1.07. The summed E-state index contributed by atoms with van der Waals surface area (Å²) in [4.78, 5) is 8.05. The first-order valence-corrected chi connectivity index (χ1v) is 5.47. The highest BCUT2D eigenvalue weighted by Crippen LogP contribution is 2.19. The van der Waals surface area contributed by atoms with E-state index in [4.69, 9.17) is 5.11 Å². The second kappa shape index (κ2) is 4.88. The van der Waals surface area contributed by atoms with E-state index in [0.29, 0.717) is 6.42 Å². The standard InChI is InChI=1S/C9H14IN3O/c1-9(2,3-4-14)13-8-7(10)5-11-6-12-8/h5-6,14H,3-4H2,1-2H3,(H,11,12,13). The molecule has 2 N–H and O–H groups in total. The van der Waals surface area contributed by atoms with Crippen LogP contribution in [-0.4, -0.2) is 27.2 Å². The van der Waals surface area contributed by atoms with E-state index in [1.54, 1.807) is 6.20 Å². The van der Waals surface area contributed by atoms with Gasteiger partial charge >= 0.3 is 0 Å². The lowest BCUT2D eigenvalue weighted by molar-refractivity contribution is 0.260. The molecule has 0 bridgehead atoms. The maximum absolute atomic E-state index is 8.87. The van der Waals surface area contributed by atoms with Gasteiger partial charge in [0.2, 0.25) is 0 Å². The molecular formula is C9H14IN3O. The molecule has 4 nitrogen and oxygen atoms in total. The average molecular weight is 307 g/mol. The number of nitrogens with zero attached hydrogens (tertiary/aromatic N) is 2. The van der Waals surface area contributed by atoms with Crippen LogP contribution in [0.3, 0.4) is 0 Å². The van der Waals surface area contributed by atoms with Crippen molar-refractivity contribution in [1.29, 1.82) is 0 Å². The van der Waals surface area contributed by atoms with Gasteiger partial charge in [-0.3, -0.25) is 0 Å². The molecule has 1 aromatic heterocycles. The molecule has 5 heteroatoms. The third-order valence-electron chi connectivity index (χ3n) is 1.86. The van der Waals surface area contributed by atoms with Crippen molar-refractivity contribution in [2.75, 3.05) is 11.9 Å². The maximum Gasteiger partial charge on any atom is 0.143 e. The average Bonchev–Trinajstić information content (AvgIpc) is 2.08. The van der Waals surface area contributed by atoms with Gasteiger partial charge in [-0.25, -0.2) is 9.97 Å². The molecule has 1 rings (SSSR count). The molecular weight excluding hydrogens is 293 g/mol. The molecule has 0 fully saturated rings. The number of halogens is 1. The van der Waals surface area contributed by atoms with Crippen molar-refractivity contribution >= 4 is 28.4 Å². The second-order valence-electron chi connectivity index (χ2n) is 3.70. The normalized spacial score (nSPS) is 11.4. The van der Waals surface area contributed by atoms with Crippen LogP contribution in [0.4, 0.5) is 5.82 Å². The van der Waals surface area contributed by atoms with E-state index in [0.717, 1.165) is 9.39 Å². The van der Waals surface area contributed by atoms with E-state index >= 15 is 0 Å². The lowest BCUT2D eigenvalue weighted by Gasteiger charge is -2.26. The Hall–Kier alpha value is -0.430. The minimum Gasteiger partial charge on any atom is -0.396 e. The molecule has 14 heavy (non-hydrogen) atoms. The molecule has 0 aliphatic heterocycles. The van der Waals surface area contributed by atoms with E-state index in [-0.39, 0.29) is 12.1 Å². The summed E-state index contributed by atoms with van der Waals surface area (Å²) in [6.45, 7) is 4.23. The topological polar surface area (TPSA) is 58.0 Å². The maximum atomic E-state index is 8.87. The number of hydrogen-bond acceptors (Lipinski definition) is 4. The fourth-order valence-corrected chi connectivity index (χ4v) is 1.50. The van der Waals surface area contributed by atoms with Crippen LogP contribution in [0.1, 0.15) is 20.3 Å². The van der Waals surface area contributed by atoms with E-state index in [1.807, 2.05) is 13.8 Å². The molecule has 0 aliphatic carbocycles. The fraction of sp³-hybridized carbons (Fsp3) is 0.556. The van der Waals surface area contributed by atoms with Gasteiger partial charge in [-0.05, 0) is 42.9 Å². The summed E-state index contributed by atoms with van der Waals surface area (Å²) in [7, 11) is 0. The summed E-state index contributed by atoms with van der Waals surface area (Å²) < 4.78 is 0.983. The zero-order chi connectivity index (χ0) is 10.6. The molecule has 0 aliphatic rings. The van der Waals surface area contributed by atoms with E-state index < -0.39 is 0 Å². The lowest BCUT2D eigenvalue weighted by atomic mass is 10.0. The second-order valence-corrected chi connectivity index (χ2v) is 4.86. The van der Waals surface area contributed by atoms with Crippen molar-refractivity contribution in [3.8, 4) is 0 Å². The summed E-state index contributed by atoms with van der Waals surface area (Å²) >= 11 is 2.18. The van der Waals surface area contributed by atoms with Gasteiger partial charge in [0.05, 0.1) is 3.57 Å². The summed E-state index contributed by atoms with van der Waals surface area (Å²) in [5.41, 5.74) is -0.150. The van der Waals surface area contributed by atoms with Crippen LogP contribution >= 0.6 is 22.6 Å². The van der Waals surface area contributed by atoms with Gasteiger partial charge in [0.25, 0.3) is 0 Å². The Labute approximate surface area is 97.3 Å². The van der Waals surface area contributed by atoms with Crippen LogP contribution in [0.2, 0.25) is 0 Å². The Bertz CT molecular complexity index is 304. The van der Waals surface area contributed by atoms with Crippen molar-refractivity contribution in [3.63, 3.8) is 0 Å². The van der Waals surface area contributed by atoms with Crippen molar-refractivity contribution in [2.45, 2.75) is 25.8 Å². The number of rotatable bonds is 4. The Morgan fingerprint density at radius 1 is 1.57 bits per heavy atom. The molecule has 0 amide bonds. The van der Waals surface area contributed by atoms with Crippen LogP contribution in [0.15, 0.2) is 12.5 Å². The van der Waals surface area contributed by atoms with Gasteiger partial charge in [0.15, 0.2) is 0 Å². The minimum atomic E-state index is -0.150. The molecule has 0 atom stereocenters. The first-order chi connectivity index (χ1) is 6.55. The van der Waals surface area contributed by atoms with Crippen LogP contribution in [0.25, 0.3) is 0 Å². The van der Waals surface area contributed by atoms with Gasteiger partial charge < -0.3 is 10.4 Å². The van der Waals surface area contributed by atoms with E-state index in [1.165, 1.54) is 6.33 Å². The Morgan fingerprint density at radius 2 is 2.29 bits per heavy atom. The zero-order valence-corrected chi connectivity index (χ0v) is 10.4. The van der Waals surface area contributed by atoms with Gasteiger partial charge in [-0.1, -0.05) is 0 Å². The summed E-state index contributed by atoms with van der Waals surface area (Å²) in [5.74, 6) is 0.819. The number of anilines is 1. The number of nitrogens with one attached hydrogen (secondary N) is 1. The highest BCUT2D eigenvalue weighted by atomic mass is 127. The van der Waals surface area contributed by atoms with Crippen LogP contribution in [-0.2, 0) is 0 Å². The predicted octanol–water partition coefficient (Wildman–Crippen LogP) is 1.65. The number of aliphatic hydroxyl groups excluding tert-OH is 1. The largest absolute Gasteiger partial charge is 0.396 e. The number of aliphatic hydroxyl groups is 1. The van der Waals surface area contributed by atoms with Crippen molar-refractivity contribution < 1.29 is 5.11 Å². The summed E-state index contributed by atoms with van der Waals surface area (Å²) in [5, 5.41) is 12.1. The number of hydrogen-bond donors (Lipinski definition) is 2. The first kappa shape index (κ1) is 11.6. The van der Waals surface area contributed by atoms with Gasteiger partial charge in [-0.15, -0.1) is 0 Å². The minimum absolute atomic E-state index is 0.150. The molecule has 0 saturated carbocycles. The molecule has 0 spiro atoms. The van der Waals surface area contributed by atoms with Crippen LogP contribution in [0, 0.1) is 3.57 Å². The summed E-state index contributed by atoms with van der Waals surface area (Å²) in [6, 6.07) is 0. The van der Waals surface area contributed by atoms with Crippen molar-refractivity contribution in [1.82, 2.24) is 9.97 Å². The van der Waals surface area contributed by atoms with Crippen LogP contribution < -0.4 is 5.32 Å². The van der Waals surface area contributed by atoms with Crippen molar-refractivity contribution in [3.05, 3.63) is 16.1 Å². The molecule has 1 heterocycles. The molecule has 1 aromatic rings. The summed E-state index contributed by atoms with van der Waals surface area (Å²) in [6.07, 6.45) is 3.96. The molecule has 0 radical (unpaired) electrons. The molecule has 0 unspecified atom stereocenters. The van der Waals surface area contributed by atoms with E-state index in [9.17, 15) is 0 Å². The highest BCUT2D eigenvalue weighted by molar-refractivity contribution is 14.1. The Kier molecular flexibility index (Phi) is 4.06.